The van der Waals surface area contributed by atoms with E-state index in [1.807, 2.05) is 13.8 Å². The van der Waals surface area contributed by atoms with Crippen LogP contribution in [0, 0.1) is 17.0 Å². The number of aromatic nitrogens is 4. The van der Waals surface area contributed by atoms with E-state index in [9.17, 15) is 10.1 Å². The zero-order valence-corrected chi connectivity index (χ0v) is 12.5. The number of rotatable bonds is 7. The van der Waals surface area contributed by atoms with Crippen LogP contribution in [0.5, 0.6) is 0 Å². The lowest BCUT2D eigenvalue weighted by Gasteiger charge is -2.11. The van der Waals surface area contributed by atoms with Gasteiger partial charge in [-0.2, -0.15) is 5.10 Å². The largest absolute Gasteiger partial charge is 0.365 e. The van der Waals surface area contributed by atoms with Crippen molar-refractivity contribution in [2.45, 2.75) is 39.7 Å². The highest BCUT2D eigenvalue weighted by Gasteiger charge is 2.26. The van der Waals surface area contributed by atoms with Gasteiger partial charge in [0.1, 0.15) is 11.5 Å². The van der Waals surface area contributed by atoms with Gasteiger partial charge in [-0.3, -0.25) is 10.1 Å². The Morgan fingerprint density at radius 1 is 1.52 bits per heavy atom. The predicted octanol–water partition coefficient (Wildman–Crippen LogP) is 2.45. The molecule has 0 amide bonds. The number of nitro groups is 1. The average Bonchev–Trinajstić information content (AvgIpc) is 3.02. The van der Waals surface area contributed by atoms with Gasteiger partial charge in [0.05, 0.1) is 4.92 Å². The van der Waals surface area contributed by atoms with Crippen molar-refractivity contribution < 1.29 is 4.92 Å². The minimum atomic E-state index is -0.379. The molecule has 8 nitrogen and oxygen atoms in total. The molecule has 21 heavy (non-hydrogen) atoms. The van der Waals surface area contributed by atoms with Gasteiger partial charge in [-0.15, -0.1) is 0 Å². The van der Waals surface area contributed by atoms with Crippen molar-refractivity contribution in [1.82, 2.24) is 19.7 Å². The van der Waals surface area contributed by atoms with Crippen LogP contribution in [-0.4, -0.2) is 31.2 Å². The Morgan fingerprint density at radius 2 is 2.29 bits per heavy atom. The van der Waals surface area contributed by atoms with Crippen molar-refractivity contribution in [3.05, 3.63) is 34.0 Å². The molecule has 0 aliphatic carbocycles. The third-order valence-electron chi connectivity index (χ3n) is 3.16. The summed E-state index contributed by atoms with van der Waals surface area (Å²) in [4.78, 5) is 18.0. The van der Waals surface area contributed by atoms with Crippen molar-refractivity contribution >= 4 is 11.5 Å². The summed E-state index contributed by atoms with van der Waals surface area (Å²) in [6, 6.07) is 0.0602. The predicted molar refractivity (Wildman–Crippen MR) is 79.4 cm³/mol. The Kier molecular flexibility index (Phi) is 4.56. The molecule has 0 spiro atoms. The first-order valence-electron chi connectivity index (χ1n) is 6.96. The summed E-state index contributed by atoms with van der Waals surface area (Å²) in [6.07, 6.45) is 5.12. The maximum atomic E-state index is 11.2. The number of nitrogens with zero attached hydrogens (tertiary/aromatic N) is 4. The standard InChI is InChI=1S/C13H20N6O2/c1-9(2)18-13(12(19(20)21)10(3)17-18)16-6-4-5-11-14-7-8-15-11/h7-9,16H,4-6H2,1-3H3,(H,14,15). The third-order valence-corrected chi connectivity index (χ3v) is 3.16. The van der Waals surface area contributed by atoms with E-state index < -0.39 is 0 Å². The van der Waals surface area contributed by atoms with Crippen molar-refractivity contribution in [3.63, 3.8) is 0 Å². The summed E-state index contributed by atoms with van der Waals surface area (Å²) in [5, 5.41) is 18.6. The summed E-state index contributed by atoms with van der Waals surface area (Å²) in [5.41, 5.74) is 0.490. The highest BCUT2D eigenvalue weighted by Crippen LogP contribution is 2.30. The molecule has 2 aromatic heterocycles. The minimum absolute atomic E-state index is 0.0571. The van der Waals surface area contributed by atoms with Crippen molar-refractivity contribution in [1.29, 1.82) is 0 Å². The van der Waals surface area contributed by atoms with Crippen molar-refractivity contribution in [2.75, 3.05) is 11.9 Å². The molecule has 2 aromatic rings. The fourth-order valence-electron chi connectivity index (χ4n) is 2.19. The molecule has 0 fully saturated rings. The SMILES string of the molecule is Cc1nn(C(C)C)c(NCCCc2ncc[nH]2)c1[N+](=O)[O-]. The van der Waals surface area contributed by atoms with Gasteiger partial charge in [0.25, 0.3) is 0 Å². The molecule has 114 valence electrons. The van der Waals surface area contributed by atoms with Gasteiger partial charge >= 0.3 is 5.69 Å². The van der Waals surface area contributed by atoms with Crippen LogP contribution in [0.15, 0.2) is 12.4 Å². The number of nitrogens with one attached hydrogen (secondary N) is 2. The molecule has 0 saturated carbocycles. The molecule has 0 atom stereocenters. The number of imidazole rings is 1. The number of hydrogen-bond acceptors (Lipinski definition) is 5. The van der Waals surface area contributed by atoms with Gasteiger partial charge < -0.3 is 10.3 Å². The van der Waals surface area contributed by atoms with E-state index in [0.29, 0.717) is 18.1 Å². The Balaban J connectivity index is 2.05. The molecular formula is C13H20N6O2. The van der Waals surface area contributed by atoms with Gasteiger partial charge in [-0.1, -0.05) is 0 Å². The molecular weight excluding hydrogens is 272 g/mol. The lowest BCUT2D eigenvalue weighted by Crippen LogP contribution is -2.12. The topological polar surface area (TPSA) is 102 Å². The number of hydrogen-bond donors (Lipinski definition) is 2. The average molecular weight is 292 g/mol. The van der Waals surface area contributed by atoms with E-state index in [2.05, 4.69) is 20.4 Å². The molecule has 0 unspecified atom stereocenters. The first-order chi connectivity index (χ1) is 10.0. The van der Waals surface area contributed by atoms with Crippen molar-refractivity contribution in [3.8, 4) is 0 Å². The Bertz CT molecular complexity index is 602. The number of aryl methyl sites for hydroxylation is 2. The van der Waals surface area contributed by atoms with Crippen LogP contribution >= 0.6 is 0 Å². The Labute approximate surface area is 122 Å². The minimum Gasteiger partial charge on any atom is -0.365 e. The first-order valence-corrected chi connectivity index (χ1v) is 6.96. The van der Waals surface area contributed by atoms with E-state index in [1.165, 1.54) is 0 Å². The van der Waals surface area contributed by atoms with E-state index in [-0.39, 0.29) is 16.7 Å². The summed E-state index contributed by atoms with van der Waals surface area (Å²) in [5.74, 6) is 1.40. The smallest absolute Gasteiger partial charge is 0.333 e. The second-order valence-electron chi connectivity index (χ2n) is 5.14. The molecule has 2 N–H and O–H groups in total. The van der Waals surface area contributed by atoms with Gasteiger partial charge in [0.2, 0.25) is 5.82 Å². The zero-order valence-electron chi connectivity index (χ0n) is 12.5. The molecule has 0 bridgehead atoms. The lowest BCUT2D eigenvalue weighted by atomic mass is 10.3. The Hall–Kier alpha value is -2.38. The zero-order chi connectivity index (χ0) is 15.4. The van der Waals surface area contributed by atoms with Crippen LogP contribution in [0.1, 0.15) is 37.8 Å². The molecule has 0 aliphatic rings. The number of aromatic amines is 1. The molecule has 0 radical (unpaired) electrons. The van der Waals surface area contributed by atoms with E-state index in [0.717, 1.165) is 18.7 Å². The monoisotopic (exact) mass is 292 g/mol. The molecule has 0 saturated heterocycles. The molecule has 2 rings (SSSR count). The van der Waals surface area contributed by atoms with Crippen LogP contribution in [0.3, 0.4) is 0 Å². The molecule has 2 heterocycles. The summed E-state index contributed by atoms with van der Waals surface area (Å²) < 4.78 is 1.67. The normalized spacial score (nSPS) is 11.0. The maximum Gasteiger partial charge on any atom is 0.333 e. The first kappa shape index (κ1) is 15.0. The van der Waals surface area contributed by atoms with Crippen LogP contribution in [0.2, 0.25) is 0 Å². The van der Waals surface area contributed by atoms with Gasteiger partial charge in [-0.05, 0) is 27.2 Å². The van der Waals surface area contributed by atoms with Crippen LogP contribution in [0.25, 0.3) is 0 Å². The van der Waals surface area contributed by atoms with Gasteiger partial charge in [-0.25, -0.2) is 9.67 Å². The number of H-pyrrole nitrogens is 1. The quantitative estimate of drug-likeness (QED) is 0.463. The summed E-state index contributed by atoms with van der Waals surface area (Å²) in [6.45, 7) is 6.18. The summed E-state index contributed by atoms with van der Waals surface area (Å²) >= 11 is 0. The lowest BCUT2D eigenvalue weighted by molar-refractivity contribution is -0.384. The summed E-state index contributed by atoms with van der Waals surface area (Å²) in [7, 11) is 0. The highest BCUT2D eigenvalue weighted by molar-refractivity contribution is 5.59. The number of anilines is 1. The molecule has 0 aromatic carbocycles. The van der Waals surface area contributed by atoms with Crippen LogP contribution in [-0.2, 0) is 6.42 Å². The Morgan fingerprint density at radius 3 is 2.86 bits per heavy atom. The highest BCUT2D eigenvalue weighted by atomic mass is 16.6. The van der Waals surface area contributed by atoms with Crippen LogP contribution < -0.4 is 5.32 Å². The fraction of sp³-hybridized carbons (Fsp3) is 0.538. The third kappa shape index (κ3) is 3.39. The van der Waals surface area contributed by atoms with Crippen molar-refractivity contribution in [2.24, 2.45) is 0 Å². The van der Waals surface area contributed by atoms with Gasteiger partial charge in [0.15, 0.2) is 0 Å². The molecule has 8 heteroatoms. The van der Waals surface area contributed by atoms with Gasteiger partial charge in [0, 0.05) is 31.4 Å². The van der Waals surface area contributed by atoms with E-state index in [1.54, 1.807) is 24.0 Å². The van der Waals surface area contributed by atoms with E-state index in [4.69, 9.17) is 0 Å². The van der Waals surface area contributed by atoms with Crippen LogP contribution in [0.4, 0.5) is 11.5 Å². The molecule has 0 aliphatic heterocycles. The second kappa shape index (κ2) is 6.38. The maximum absolute atomic E-state index is 11.2. The fourth-order valence-corrected chi connectivity index (χ4v) is 2.19. The van der Waals surface area contributed by atoms with E-state index >= 15 is 0 Å². The second-order valence-corrected chi connectivity index (χ2v) is 5.14.